The summed E-state index contributed by atoms with van der Waals surface area (Å²) in [4.78, 5) is 39.4. The molecular formula is C23H29N5O4S. The van der Waals surface area contributed by atoms with Crippen molar-refractivity contribution in [3.8, 4) is 10.6 Å². The maximum Gasteiger partial charge on any atom is 0.258 e. The van der Waals surface area contributed by atoms with Gasteiger partial charge in [-0.25, -0.2) is 9.97 Å². The first-order valence-electron chi connectivity index (χ1n) is 11.4. The molecule has 4 heterocycles. The predicted molar refractivity (Wildman–Crippen MR) is 125 cm³/mol. The van der Waals surface area contributed by atoms with E-state index < -0.39 is 0 Å². The lowest BCUT2D eigenvalue weighted by Gasteiger charge is -2.36. The van der Waals surface area contributed by atoms with Crippen molar-refractivity contribution in [2.45, 2.75) is 52.2 Å². The van der Waals surface area contributed by atoms with E-state index in [4.69, 9.17) is 9.72 Å². The third-order valence-corrected chi connectivity index (χ3v) is 7.81. The third-order valence-electron chi connectivity index (χ3n) is 6.72. The number of fused-ring (bicyclic) bond motifs is 1. The number of aromatic nitrogens is 2. The van der Waals surface area contributed by atoms with Crippen molar-refractivity contribution < 1.29 is 19.4 Å². The molecular weight excluding hydrogens is 442 g/mol. The number of nitrogens with zero attached hydrogens (tertiary/aromatic N) is 4. The van der Waals surface area contributed by atoms with Crippen LogP contribution in [-0.2, 0) is 16.1 Å². The van der Waals surface area contributed by atoms with Crippen LogP contribution >= 0.6 is 11.3 Å². The molecule has 0 radical (unpaired) electrons. The number of thiazole rings is 1. The number of nitrogens with one attached hydrogen (secondary N) is 1. The molecule has 1 saturated heterocycles. The summed E-state index contributed by atoms with van der Waals surface area (Å²) in [6.07, 6.45) is 2.33. The average molecular weight is 472 g/mol. The van der Waals surface area contributed by atoms with Gasteiger partial charge in [-0.05, 0) is 44.2 Å². The van der Waals surface area contributed by atoms with Crippen LogP contribution in [0.4, 0.5) is 10.9 Å². The van der Waals surface area contributed by atoms with Crippen LogP contribution < -0.4 is 10.2 Å². The Kier molecular flexibility index (Phi) is 5.84. The summed E-state index contributed by atoms with van der Waals surface area (Å²) in [5.41, 5.74) is 3.09. The van der Waals surface area contributed by atoms with Gasteiger partial charge in [-0.15, -0.1) is 0 Å². The molecule has 2 amide bonds. The van der Waals surface area contributed by atoms with Crippen molar-refractivity contribution >= 4 is 34.1 Å². The lowest BCUT2D eigenvalue weighted by molar-refractivity contribution is -0.114. The number of ether oxygens (including phenoxy) is 1. The van der Waals surface area contributed by atoms with Crippen molar-refractivity contribution in [2.24, 2.45) is 5.92 Å². The molecule has 0 aromatic carbocycles. The summed E-state index contributed by atoms with van der Waals surface area (Å²) in [7, 11) is 0. The highest BCUT2D eigenvalue weighted by molar-refractivity contribution is 7.19. The van der Waals surface area contributed by atoms with Gasteiger partial charge in [0.2, 0.25) is 5.91 Å². The van der Waals surface area contributed by atoms with Gasteiger partial charge in [0.15, 0.2) is 5.13 Å². The van der Waals surface area contributed by atoms with E-state index in [9.17, 15) is 14.7 Å². The van der Waals surface area contributed by atoms with Crippen LogP contribution in [-0.4, -0.2) is 70.2 Å². The Labute approximate surface area is 196 Å². The number of hydrogen-bond acceptors (Lipinski definition) is 8. The fourth-order valence-corrected chi connectivity index (χ4v) is 5.72. The maximum atomic E-state index is 13.6. The lowest BCUT2D eigenvalue weighted by atomic mass is 10.1. The van der Waals surface area contributed by atoms with E-state index in [1.807, 2.05) is 22.8 Å². The molecule has 33 heavy (non-hydrogen) atoms. The second-order valence-electron chi connectivity index (χ2n) is 9.10. The number of amides is 2. The summed E-state index contributed by atoms with van der Waals surface area (Å²) in [6, 6.07) is 1.92. The number of morpholine rings is 1. The topological polar surface area (TPSA) is 108 Å². The largest absolute Gasteiger partial charge is 0.394 e. The van der Waals surface area contributed by atoms with Gasteiger partial charge >= 0.3 is 0 Å². The van der Waals surface area contributed by atoms with Crippen molar-refractivity contribution in [3.63, 3.8) is 0 Å². The Hall–Kier alpha value is -2.56. The Morgan fingerprint density at radius 2 is 2.18 bits per heavy atom. The summed E-state index contributed by atoms with van der Waals surface area (Å²) < 4.78 is 5.57. The zero-order valence-corrected chi connectivity index (χ0v) is 19.9. The van der Waals surface area contributed by atoms with E-state index in [1.54, 1.807) is 0 Å². The molecule has 1 aliphatic carbocycles. The van der Waals surface area contributed by atoms with Crippen molar-refractivity contribution in [3.05, 3.63) is 22.9 Å². The molecule has 2 unspecified atom stereocenters. The predicted octanol–water partition coefficient (Wildman–Crippen LogP) is 2.42. The normalized spacial score (nSPS) is 21.3. The summed E-state index contributed by atoms with van der Waals surface area (Å²) in [5, 5.41) is 13.3. The van der Waals surface area contributed by atoms with Crippen LogP contribution in [0, 0.1) is 12.8 Å². The van der Waals surface area contributed by atoms with E-state index in [-0.39, 0.29) is 30.5 Å². The number of carbonyl (C=O) groups is 2. The molecule has 3 aliphatic rings. The van der Waals surface area contributed by atoms with Crippen LogP contribution in [0.3, 0.4) is 0 Å². The van der Waals surface area contributed by atoms with Crippen LogP contribution in [0.5, 0.6) is 0 Å². The fourth-order valence-electron chi connectivity index (χ4n) is 4.75. The molecule has 0 spiro atoms. The second kappa shape index (κ2) is 8.66. The summed E-state index contributed by atoms with van der Waals surface area (Å²) in [6.45, 7) is 7.41. The number of carbonyl (C=O) groups excluding carboxylic acids is 2. The number of pyridine rings is 1. The molecule has 0 bridgehead atoms. The molecule has 9 nitrogen and oxygen atoms in total. The molecule has 2 atom stereocenters. The number of anilines is 2. The van der Waals surface area contributed by atoms with Gasteiger partial charge in [0, 0.05) is 26.1 Å². The van der Waals surface area contributed by atoms with E-state index >= 15 is 0 Å². The smallest absolute Gasteiger partial charge is 0.258 e. The maximum absolute atomic E-state index is 13.6. The molecule has 2 fully saturated rings. The molecule has 2 aliphatic heterocycles. The Balaban J connectivity index is 1.60. The van der Waals surface area contributed by atoms with Gasteiger partial charge in [-0.2, -0.15) is 0 Å². The first-order chi connectivity index (χ1) is 15.9. The quantitative estimate of drug-likeness (QED) is 0.666. The fraction of sp³-hybridized carbons (Fsp3) is 0.565. The molecule has 10 heteroatoms. The van der Waals surface area contributed by atoms with Crippen LogP contribution in [0.1, 0.15) is 48.3 Å². The molecule has 2 aromatic heterocycles. The minimum atomic E-state index is -0.259. The number of aliphatic hydroxyl groups is 1. The Morgan fingerprint density at radius 3 is 2.88 bits per heavy atom. The number of aryl methyl sites for hydroxylation is 1. The minimum Gasteiger partial charge on any atom is -0.394 e. The number of rotatable bonds is 6. The lowest BCUT2D eigenvalue weighted by Crippen LogP contribution is -2.48. The molecule has 1 saturated carbocycles. The Morgan fingerprint density at radius 1 is 1.39 bits per heavy atom. The molecule has 5 rings (SSSR count). The monoisotopic (exact) mass is 471 g/mol. The van der Waals surface area contributed by atoms with Crippen molar-refractivity contribution in [2.75, 3.05) is 36.6 Å². The first kappa shape index (κ1) is 22.2. The second-order valence-corrected chi connectivity index (χ2v) is 10.1. The van der Waals surface area contributed by atoms with Gasteiger partial charge in [-0.3, -0.25) is 9.59 Å². The Bertz CT molecular complexity index is 1100. The van der Waals surface area contributed by atoms with Crippen molar-refractivity contribution in [1.82, 2.24) is 14.9 Å². The van der Waals surface area contributed by atoms with Crippen LogP contribution in [0.15, 0.2) is 6.07 Å². The first-order valence-corrected chi connectivity index (χ1v) is 12.2. The van der Waals surface area contributed by atoms with Gasteiger partial charge in [-0.1, -0.05) is 11.3 Å². The van der Waals surface area contributed by atoms with E-state index in [1.165, 1.54) is 31.1 Å². The van der Waals surface area contributed by atoms with Crippen LogP contribution in [0.2, 0.25) is 0 Å². The van der Waals surface area contributed by atoms with Gasteiger partial charge < -0.3 is 25.0 Å². The zero-order valence-electron chi connectivity index (χ0n) is 19.1. The highest BCUT2D eigenvalue weighted by Crippen LogP contribution is 2.42. The van der Waals surface area contributed by atoms with Gasteiger partial charge in [0.05, 0.1) is 47.7 Å². The molecule has 176 valence electrons. The standard InChI is InChI=1S/C23H29N5O4S/c1-12-20(33-23(24-12)25-14(3)30)18-8-16-9-28(13(2)15-4-5-15)22(31)19(16)21(26-18)27-6-7-32-11-17(27)10-29/h8,13,15,17,29H,4-7,9-11H2,1-3H3,(H,24,25,30). The third kappa shape index (κ3) is 4.11. The highest BCUT2D eigenvalue weighted by Gasteiger charge is 2.42. The van der Waals surface area contributed by atoms with Gasteiger partial charge in [0.25, 0.3) is 5.91 Å². The van der Waals surface area contributed by atoms with E-state index in [0.717, 1.165) is 21.8 Å². The minimum absolute atomic E-state index is 0.0154. The molecule has 2 aromatic rings. The van der Waals surface area contributed by atoms with Crippen molar-refractivity contribution in [1.29, 1.82) is 0 Å². The summed E-state index contributed by atoms with van der Waals surface area (Å²) in [5.74, 6) is 1.01. The van der Waals surface area contributed by atoms with Gasteiger partial charge in [0.1, 0.15) is 5.82 Å². The van der Waals surface area contributed by atoms with E-state index in [2.05, 4.69) is 17.2 Å². The average Bonchev–Trinajstić information content (AvgIpc) is 3.51. The number of hydrogen-bond donors (Lipinski definition) is 2. The van der Waals surface area contributed by atoms with E-state index in [0.29, 0.717) is 48.7 Å². The summed E-state index contributed by atoms with van der Waals surface area (Å²) >= 11 is 1.37. The highest BCUT2D eigenvalue weighted by atomic mass is 32.1. The zero-order chi connectivity index (χ0) is 23.3. The number of aliphatic hydroxyl groups excluding tert-OH is 1. The molecule has 2 N–H and O–H groups in total. The SMILES string of the molecule is CC(=O)Nc1nc(C)c(-c2cc3c(c(N4CCOCC4CO)n2)C(=O)N(C(C)C2CC2)C3)s1. The van der Waals surface area contributed by atoms with Crippen LogP contribution in [0.25, 0.3) is 10.6 Å².